The van der Waals surface area contributed by atoms with Crippen LogP contribution in [-0.4, -0.2) is 87.8 Å². The Morgan fingerprint density at radius 1 is 0.759 bits per heavy atom. The van der Waals surface area contributed by atoms with Gasteiger partial charge in [-0.05, 0) is 45.4 Å². The van der Waals surface area contributed by atoms with E-state index in [4.69, 9.17) is 10.5 Å². The molecule has 0 unspecified atom stereocenters. The molecule has 11 nitrogen and oxygen atoms in total. The van der Waals surface area contributed by atoms with Crippen molar-refractivity contribution in [1.29, 1.82) is 0 Å². The molecule has 0 aromatic heterocycles. The molecule has 0 spiro atoms. The Morgan fingerprint density at radius 3 is 1.70 bits per heavy atom. The van der Waals surface area contributed by atoms with Crippen molar-refractivity contribution in [2.24, 2.45) is 5.73 Å². The average molecular weight is 767 g/mol. The summed E-state index contributed by atoms with van der Waals surface area (Å²) in [6, 6.07) is -1.01. The molecule has 7 N–H and O–H groups in total. The van der Waals surface area contributed by atoms with Gasteiger partial charge in [-0.2, -0.15) is 0 Å². The van der Waals surface area contributed by atoms with Crippen LogP contribution in [0.4, 0.5) is 0 Å². The Labute approximate surface area is 329 Å². The van der Waals surface area contributed by atoms with Crippen molar-refractivity contribution in [3.05, 3.63) is 12.2 Å². The number of unbranched alkanes of at least 4 members (excludes halogenated alkanes) is 22. The van der Waals surface area contributed by atoms with Crippen LogP contribution >= 0.6 is 0 Å². The lowest BCUT2D eigenvalue weighted by Crippen LogP contribution is -2.72. The molecular weight excluding hydrogens is 684 g/mol. The van der Waals surface area contributed by atoms with Gasteiger partial charge in [0.25, 0.3) is 0 Å². The summed E-state index contributed by atoms with van der Waals surface area (Å²) in [7, 11) is 0. The van der Waals surface area contributed by atoms with E-state index in [1.54, 1.807) is 0 Å². The second-order valence-corrected chi connectivity index (χ2v) is 15.6. The van der Waals surface area contributed by atoms with Crippen LogP contribution in [0.25, 0.3) is 0 Å². The summed E-state index contributed by atoms with van der Waals surface area (Å²) in [6.07, 6.45) is 29.4. The second-order valence-electron chi connectivity index (χ2n) is 15.6. The van der Waals surface area contributed by atoms with Gasteiger partial charge >= 0.3 is 0 Å². The van der Waals surface area contributed by atoms with Crippen molar-refractivity contribution in [3.63, 3.8) is 0 Å². The lowest BCUT2D eigenvalue weighted by molar-refractivity contribution is -0.280. The van der Waals surface area contributed by atoms with Crippen LogP contribution in [0, 0.1) is 0 Å². The lowest BCUT2D eigenvalue weighted by Gasteiger charge is -2.51. The van der Waals surface area contributed by atoms with Gasteiger partial charge in [-0.1, -0.05) is 148 Å². The zero-order valence-electron chi connectivity index (χ0n) is 34.7. The largest absolute Gasteiger partial charge is 0.394 e. The minimum absolute atomic E-state index is 0.227. The molecule has 316 valence electrons. The molecular formula is C43H82N4O7. The van der Waals surface area contributed by atoms with Gasteiger partial charge in [-0.3, -0.25) is 19.3 Å². The first-order valence-electron chi connectivity index (χ1n) is 22.1. The third-order valence-electron chi connectivity index (χ3n) is 10.7. The summed E-state index contributed by atoms with van der Waals surface area (Å²) in [4.78, 5) is 41.0. The Bertz CT molecular complexity index is 999. The number of nitrogens with zero attached hydrogens (tertiary/aromatic N) is 1. The number of carbonyl (C=O) groups is 3. The summed E-state index contributed by atoms with van der Waals surface area (Å²) < 4.78 is 6.20. The predicted octanol–water partition coefficient (Wildman–Crippen LogP) is 7.29. The van der Waals surface area contributed by atoms with Crippen molar-refractivity contribution < 1.29 is 34.4 Å². The van der Waals surface area contributed by atoms with E-state index < -0.39 is 48.6 Å². The van der Waals surface area contributed by atoms with E-state index in [1.165, 1.54) is 102 Å². The fourth-order valence-corrected chi connectivity index (χ4v) is 7.25. The highest BCUT2D eigenvalue weighted by atomic mass is 16.6. The maximum Gasteiger partial charge on any atom is 0.245 e. The van der Waals surface area contributed by atoms with E-state index in [-0.39, 0.29) is 31.8 Å². The highest BCUT2D eigenvalue weighted by Crippen LogP contribution is 2.32. The molecule has 11 heteroatoms. The summed E-state index contributed by atoms with van der Waals surface area (Å²) in [6.45, 7) is 5.33. The molecule has 1 heterocycles. The maximum absolute atomic E-state index is 14.1. The van der Waals surface area contributed by atoms with Crippen LogP contribution in [0.2, 0.25) is 0 Å². The van der Waals surface area contributed by atoms with E-state index in [0.29, 0.717) is 12.8 Å². The quantitative estimate of drug-likeness (QED) is 0.0225. The van der Waals surface area contributed by atoms with Crippen LogP contribution < -0.4 is 16.4 Å². The highest BCUT2D eigenvalue weighted by Gasteiger charge is 2.52. The summed E-state index contributed by atoms with van der Waals surface area (Å²) in [5.41, 5.74) is 5.44. The molecule has 1 rings (SSSR count). The smallest absolute Gasteiger partial charge is 0.245 e. The average Bonchev–Trinajstić information content (AvgIpc) is 3.16. The number of aliphatic hydroxyl groups excluding tert-OH is 3. The van der Waals surface area contributed by atoms with Crippen LogP contribution in [0.15, 0.2) is 12.2 Å². The summed E-state index contributed by atoms with van der Waals surface area (Å²) in [5, 5.41) is 37.0. The lowest BCUT2D eigenvalue weighted by atomic mass is 9.96. The molecule has 0 saturated carbocycles. The topological polar surface area (TPSA) is 174 Å². The molecule has 1 fully saturated rings. The van der Waals surface area contributed by atoms with Gasteiger partial charge in [0.2, 0.25) is 23.6 Å². The first-order chi connectivity index (χ1) is 26.1. The number of allylic oxidation sites excluding steroid dienone is 2. The molecule has 0 radical (unpaired) electrons. The van der Waals surface area contributed by atoms with E-state index in [1.807, 2.05) is 0 Å². The van der Waals surface area contributed by atoms with Gasteiger partial charge in [0.05, 0.1) is 19.3 Å². The fraction of sp³-hybridized carbons (Fsp3) is 0.884. The minimum Gasteiger partial charge on any atom is -0.394 e. The minimum atomic E-state index is -1.82. The molecule has 1 saturated heterocycles. The zero-order valence-corrected chi connectivity index (χ0v) is 34.7. The Hall–Kier alpha value is -2.05. The molecule has 0 bridgehead atoms. The van der Waals surface area contributed by atoms with Crippen LogP contribution in [0.1, 0.15) is 194 Å². The number of carbonyl (C=O) groups excluding carboxylic acids is 3. The van der Waals surface area contributed by atoms with E-state index >= 15 is 0 Å². The third-order valence-corrected chi connectivity index (χ3v) is 10.7. The Morgan fingerprint density at radius 2 is 1.22 bits per heavy atom. The van der Waals surface area contributed by atoms with E-state index in [9.17, 15) is 29.7 Å². The van der Waals surface area contributed by atoms with E-state index in [2.05, 4.69) is 36.6 Å². The molecule has 1 aliphatic rings. The highest BCUT2D eigenvalue weighted by molar-refractivity contribution is 5.88. The molecule has 5 atom stereocenters. The van der Waals surface area contributed by atoms with Crippen LogP contribution in [-0.2, 0) is 19.1 Å². The van der Waals surface area contributed by atoms with Gasteiger partial charge < -0.3 is 36.4 Å². The van der Waals surface area contributed by atoms with Crippen molar-refractivity contribution in [1.82, 2.24) is 15.5 Å². The monoisotopic (exact) mass is 767 g/mol. The number of hydrogen-bond donors (Lipinski definition) is 6. The van der Waals surface area contributed by atoms with Crippen molar-refractivity contribution in [2.45, 2.75) is 224 Å². The summed E-state index contributed by atoms with van der Waals surface area (Å²) >= 11 is 0. The zero-order chi connectivity index (χ0) is 39.9. The number of amides is 3. The van der Waals surface area contributed by atoms with Crippen molar-refractivity contribution in [2.75, 3.05) is 19.7 Å². The Balaban J connectivity index is 2.83. The van der Waals surface area contributed by atoms with Crippen LogP contribution in [0.3, 0.4) is 0 Å². The van der Waals surface area contributed by atoms with Gasteiger partial charge in [-0.15, -0.1) is 0 Å². The fourth-order valence-electron chi connectivity index (χ4n) is 7.25. The molecule has 0 aromatic carbocycles. The first-order valence-corrected chi connectivity index (χ1v) is 22.1. The van der Waals surface area contributed by atoms with Crippen LogP contribution in [0.5, 0.6) is 0 Å². The molecule has 54 heavy (non-hydrogen) atoms. The maximum atomic E-state index is 14.1. The van der Waals surface area contributed by atoms with Crippen molar-refractivity contribution in [3.8, 4) is 0 Å². The van der Waals surface area contributed by atoms with Gasteiger partial charge in [0.15, 0.2) is 0 Å². The number of nitrogens with one attached hydrogen (secondary N) is 2. The van der Waals surface area contributed by atoms with Gasteiger partial charge in [-0.25, -0.2) is 0 Å². The third kappa shape index (κ3) is 21.9. The standard InChI is InChI=1S/C43H82N4O7/c1-4-6-8-10-12-14-16-18-19-20-21-23-25-27-29-31-40(51)47(32-30-28-26-24-22-17-15-13-11-9-7-5-2)43(33-37(49)41(52)38(35-48)54-43)46-42(53)36(3)45-39(50)34-44/h18-19,36-38,41,48-49,52H,4-17,20-35,44H2,1-3H3,(H,45,50)(H,46,53)/t36-,37+,38+,41-,43-/m0/s1. The van der Waals surface area contributed by atoms with E-state index in [0.717, 1.165) is 57.8 Å². The van der Waals surface area contributed by atoms with Gasteiger partial charge in [0.1, 0.15) is 18.2 Å². The normalized spacial score (nSPS) is 20.6. The molecule has 3 amide bonds. The number of nitrogens with two attached hydrogens (primary N) is 1. The van der Waals surface area contributed by atoms with Gasteiger partial charge in [0, 0.05) is 19.4 Å². The number of rotatable bonds is 34. The first kappa shape index (κ1) is 50.0. The van der Waals surface area contributed by atoms with Crippen molar-refractivity contribution >= 4 is 17.7 Å². The number of ether oxygens (including phenoxy) is 1. The second kappa shape index (κ2) is 32.1. The number of aliphatic hydroxyl groups is 3. The SMILES string of the molecule is CCCCCCCCC=CCCCCCCCC(=O)N(CCCCCCCCCCCCCC)[C@@]1(NC(=O)[C@H](C)NC(=O)CN)C[C@@H](O)[C@H](O)[C@@H](CO)O1. The molecule has 0 aliphatic carbocycles. The predicted molar refractivity (Wildman–Crippen MR) is 218 cm³/mol. The summed E-state index contributed by atoms with van der Waals surface area (Å²) in [5.74, 6) is -3.20. The molecule has 1 aliphatic heterocycles. The number of hydrogen-bond acceptors (Lipinski definition) is 8. The molecule has 0 aromatic rings. The Kier molecular flexibility index (Phi) is 29.7.